The second kappa shape index (κ2) is 9.38. The molecule has 0 fully saturated rings. The number of alkyl carbamates (subject to hydrolysis) is 1. The number of amides is 1. The van der Waals surface area contributed by atoms with Gasteiger partial charge in [-0.3, -0.25) is 0 Å². The van der Waals surface area contributed by atoms with Crippen LogP contribution in [0.1, 0.15) is 27.2 Å². The van der Waals surface area contributed by atoms with Gasteiger partial charge in [0.15, 0.2) is 0 Å². The van der Waals surface area contributed by atoms with Crippen LogP contribution >= 0.6 is 0 Å². The van der Waals surface area contributed by atoms with Crippen molar-refractivity contribution >= 4 is 12.1 Å². The number of hydrogen-bond donors (Lipinski definition) is 1. The van der Waals surface area contributed by atoms with E-state index in [0.29, 0.717) is 13.2 Å². The SMILES string of the molecule is C=CC(=O)OCCOCCNC(=O)OC(C)(C)CC. The number of nitrogens with one attached hydrogen (secondary N) is 1. The minimum atomic E-state index is -0.480. The van der Waals surface area contributed by atoms with Gasteiger partial charge in [0.2, 0.25) is 0 Å². The van der Waals surface area contributed by atoms with Gasteiger partial charge in [0, 0.05) is 12.6 Å². The third-order valence-electron chi connectivity index (χ3n) is 2.37. The van der Waals surface area contributed by atoms with Crippen LogP contribution in [-0.2, 0) is 19.0 Å². The average Bonchev–Trinajstić information content (AvgIpc) is 2.36. The molecule has 110 valence electrons. The minimum absolute atomic E-state index is 0.165. The summed E-state index contributed by atoms with van der Waals surface area (Å²) in [5, 5.41) is 2.57. The Morgan fingerprint density at radius 2 is 1.95 bits per heavy atom. The van der Waals surface area contributed by atoms with Gasteiger partial charge in [-0.05, 0) is 20.3 Å². The van der Waals surface area contributed by atoms with E-state index in [1.54, 1.807) is 0 Å². The molecule has 19 heavy (non-hydrogen) atoms. The molecular weight excluding hydrogens is 250 g/mol. The van der Waals surface area contributed by atoms with E-state index in [1.807, 2.05) is 20.8 Å². The van der Waals surface area contributed by atoms with Crippen molar-refractivity contribution in [2.24, 2.45) is 0 Å². The first-order valence-corrected chi connectivity index (χ1v) is 6.25. The predicted octanol–water partition coefficient (Wildman–Crippen LogP) is 1.65. The molecule has 0 aromatic carbocycles. The lowest BCUT2D eigenvalue weighted by Gasteiger charge is -2.23. The monoisotopic (exact) mass is 273 g/mol. The Balaban J connectivity index is 3.47. The standard InChI is InChI=1S/C13H23NO5/c1-5-11(15)18-10-9-17-8-7-14-12(16)19-13(3,4)6-2/h5H,1,6-10H2,2-4H3,(H,14,16). The van der Waals surface area contributed by atoms with Crippen molar-refractivity contribution in [1.82, 2.24) is 5.32 Å². The summed E-state index contributed by atoms with van der Waals surface area (Å²) in [5.41, 5.74) is -0.468. The van der Waals surface area contributed by atoms with E-state index in [1.165, 1.54) is 0 Å². The number of carbonyl (C=O) groups excluding carboxylic acids is 2. The lowest BCUT2D eigenvalue weighted by atomic mass is 10.1. The van der Waals surface area contributed by atoms with Gasteiger partial charge in [-0.25, -0.2) is 9.59 Å². The number of rotatable bonds is 9. The van der Waals surface area contributed by atoms with Crippen molar-refractivity contribution in [3.8, 4) is 0 Å². The third-order valence-corrected chi connectivity index (χ3v) is 2.37. The molecular formula is C13H23NO5. The first-order valence-electron chi connectivity index (χ1n) is 6.25. The van der Waals surface area contributed by atoms with Gasteiger partial charge in [-0.15, -0.1) is 0 Å². The number of esters is 1. The lowest BCUT2D eigenvalue weighted by molar-refractivity contribution is -0.139. The fraction of sp³-hybridized carbons (Fsp3) is 0.692. The second-order valence-electron chi connectivity index (χ2n) is 4.41. The van der Waals surface area contributed by atoms with E-state index in [-0.39, 0.29) is 13.2 Å². The largest absolute Gasteiger partial charge is 0.460 e. The molecule has 0 aromatic heterocycles. The van der Waals surface area contributed by atoms with Crippen molar-refractivity contribution in [2.75, 3.05) is 26.4 Å². The van der Waals surface area contributed by atoms with Gasteiger partial charge in [-0.1, -0.05) is 13.5 Å². The Morgan fingerprint density at radius 1 is 1.26 bits per heavy atom. The summed E-state index contributed by atoms with van der Waals surface area (Å²) in [4.78, 5) is 22.0. The molecule has 0 saturated carbocycles. The zero-order chi connectivity index (χ0) is 14.7. The molecule has 0 radical (unpaired) electrons. The molecule has 0 heterocycles. The van der Waals surface area contributed by atoms with Crippen molar-refractivity contribution < 1.29 is 23.8 Å². The molecule has 0 unspecified atom stereocenters. The van der Waals surface area contributed by atoms with Gasteiger partial charge in [0.05, 0.1) is 13.2 Å². The molecule has 0 aliphatic rings. The molecule has 1 N–H and O–H groups in total. The van der Waals surface area contributed by atoms with Crippen LogP contribution in [0.5, 0.6) is 0 Å². The third kappa shape index (κ3) is 10.1. The molecule has 0 rings (SSSR count). The molecule has 0 atom stereocenters. The smallest absolute Gasteiger partial charge is 0.407 e. The van der Waals surface area contributed by atoms with Crippen LogP contribution in [0.15, 0.2) is 12.7 Å². The fourth-order valence-electron chi connectivity index (χ4n) is 0.947. The Labute approximate surface area is 114 Å². The summed E-state index contributed by atoms with van der Waals surface area (Å²) in [6.07, 6.45) is 1.37. The normalized spacial score (nSPS) is 10.7. The van der Waals surface area contributed by atoms with E-state index >= 15 is 0 Å². The maximum atomic E-state index is 11.4. The summed E-state index contributed by atoms with van der Waals surface area (Å²) in [7, 11) is 0. The molecule has 0 aromatic rings. The van der Waals surface area contributed by atoms with Gasteiger partial charge < -0.3 is 19.5 Å². The minimum Gasteiger partial charge on any atom is -0.460 e. The summed E-state index contributed by atoms with van der Waals surface area (Å²) in [5.74, 6) is -0.480. The summed E-state index contributed by atoms with van der Waals surface area (Å²) >= 11 is 0. The quantitative estimate of drug-likeness (QED) is 0.393. The van der Waals surface area contributed by atoms with Gasteiger partial charge in [0.1, 0.15) is 12.2 Å². The van der Waals surface area contributed by atoms with Crippen molar-refractivity contribution in [3.63, 3.8) is 0 Å². The lowest BCUT2D eigenvalue weighted by Crippen LogP contribution is -2.35. The molecule has 0 aliphatic carbocycles. The summed E-state index contributed by atoms with van der Waals surface area (Å²) in [6, 6.07) is 0. The molecule has 0 spiro atoms. The number of carbonyl (C=O) groups is 2. The zero-order valence-electron chi connectivity index (χ0n) is 11.9. The highest BCUT2D eigenvalue weighted by atomic mass is 16.6. The van der Waals surface area contributed by atoms with Gasteiger partial charge in [0.25, 0.3) is 0 Å². The average molecular weight is 273 g/mol. The van der Waals surface area contributed by atoms with Crippen molar-refractivity contribution in [2.45, 2.75) is 32.8 Å². The zero-order valence-corrected chi connectivity index (χ0v) is 11.9. The van der Waals surface area contributed by atoms with Crippen LogP contribution in [0, 0.1) is 0 Å². The maximum Gasteiger partial charge on any atom is 0.407 e. The predicted molar refractivity (Wildman–Crippen MR) is 70.8 cm³/mol. The van der Waals surface area contributed by atoms with E-state index in [2.05, 4.69) is 11.9 Å². The number of ether oxygens (including phenoxy) is 3. The van der Waals surface area contributed by atoms with Crippen LogP contribution in [-0.4, -0.2) is 44.0 Å². The first kappa shape index (κ1) is 17.4. The van der Waals surface area contributed by atoms with Crippen molar-refractivity contribution in [1.29, 1.82) is 0 Å². The molecule has 0 saturated heterocycles. The number of hydrogen-bond acceptors (Lipinski definition) is 5. The van der Waals surface area contributed by atoms with Crippen LogP contribution < -0.4 is 5.32 Å². The topological polar surface area (TPSA) is 73.9 Å². The fourth-order valence-corrected chi connectivity index (χ4v) is 0.947. The van der Waals surface area contributed by atoms with Crippen LogP contribution in [0.2, 0.25) is 0 Å². The van der Waals surface area contributed by atoms with E-state index < -0.39 is 17.7 Å². The molecule has 0 bridgehead atoms. The maximum absolute atomic E-state index is 11.4. The Kier molecular flexibility index (Phi) is 8.61. The van der Waals surface area contributed by atoms with Gasteiger partial charge in [-0.2, -0.15) is 0 Å². The molecule has 0 aliphatic heterocycles. The molecule has 1 amide bonds. The molecule has 6 heteroatoms. The van der Waals surface area contributed by atoms with Gasteiger partial charge >= 0.3 is 12.1 Å². The van der Waals surface area contributed by atoms with Crippen LogP contribution in [0.4, 0.5) is 4.79 Å². The Morgan fingerprint density at radius 3 is 2.53 bits per heavy atom. The van der Waals surface area contributed by atoms with Crippen LogP contribution in [0.25, 0.3) is 0 Å². The first-order chi connectivity index (χ1) is 8.91. The Hall–Kier alpha value is -1.56. The van der Waals surface area contributed by atoms with Crippen LogP contribution in [0.3, 0.4) is 0 Å². The van der Waals surface area contributed by atoms with E-state index in [9.17, 15) is 9.59 Å². The highest BCUT2D eigenvalue weighted by molar-refractivity contribution is 5.81. The summed E-state index contributed by atoms with van der Waals surface area (Å²) in [6.45, 7) is 10.0. The summed E-state index contributed by atoms with van der Waals surface area (Å²) < 4.78 is 15.0. The highest BCUT2D eigenvalue weighted by Gasteiger charge is 2.19. The second-order valence-corrected chi connectivity index (χ2v) is 4.41. The highest BCUT2D eigenvalue weighted by Crippen LogP contribution is 2.12. The van der Waals surface area contributed by atoms with E-state index in [0.717, 1.165) is 12.5 Å². The Bertz CT molecular complexity index is 301. The van der Waals surface area contributed by atoms with E-state index in [4.69, 9.17) is 14.2 Å². The molecule has 6 nitrogen and oxygen atoms in total. The van der Waals surface area contributed by atoms with Crippen molar-refractivity contribution in [3.05, 3.63) is 12.7 Å².